The highest BCUT2D eigenvalue weighted by molar-refractivity contribution is 7.80. The summed E-state index contributed by atoms with van der Waals surface area (Å²) in [5, 5.41) is 0.196. The van der Waals surface area contributed by atoms with E-state index in [-0.39, 0.29) is 21.6 Å². The summed E-state index contributed by atoms with van der Waals surface area (Å²) in [4.78, 5) is 3.76. The Labute approximate surface area is 100 Å². The first-order valence-corrected chi connectivity index (χ1v) is 5.07. The molecule has 0 amide bonds. The normalized spacial score (nSPS) is 10.8. The third-order valence-corrected chi connectivity index (χ3v) is 2.61. The first kappa shape index (κ1) is 11.8. The Bertz CT molecular complexity index is 640. The number of halogens is 3. The molecule has 6 heteroatoms. The van der Waals surface area contributed by atoms with Gasteiger partial charge in [-0.15, -0.1) is 0 Å². The molecule has 88 valence electrons. The number of rotatable bonds is 1. The molecule has 0 aliphatic rings. The molecule has 2 N–H and O–H groups in total. The van der Waals surface area contributed by atoms with Gasteiger partial charge in [0.15, 0.2) is 17.5 Å². The van der Waals surface area contributed by atoms with Crippen LogP contribution in [0.3, 0.4) is 0 Å². The number of hydrogen-bond acceptors (Lipinski definition) is 2. The zero-order valence-corrected chi connectivity index (χ0v) is 9.54. The number of aryl methyl sites for hydroxylation is 1. The van der Waals surface area contributed by atoms with Crippen LogP contribution in [0, 0.1) is 24.4 Å². The number of benzene rings is 1. The van der Waals surface area contributed by atoms with Crippen molar-refractivity contribution in [1.82, 2.24) is 4.98 Å². The summed E-state index contributed by atoms with van der Waals surface area (Å²) in [6, 6.07) is 2.40. The first-order valence-electron chi connectivity index (χ1n) is 4.66. The van der Waals surface area contributed by atoms with E-state index in [1.165, 1.54) is 6.07 Å². The van der Waals surface area contributed by atoms with Crippen LogP contribution in [-0.2, 0) is 0 Å². The van der Waals surface area contributed by atoms with E-state index in [0.29, 0.717) is 5.56 Å². The van der Waals surface area contributed by atoms with Crippen molar-refractivity contribution in [2.45, 2.75) is 6.92 Å². The average Bonchev–Trinajstić information content (AvgIpc) is 2.27. The number of hydrogen-bond donors (Lipinski definition) is 1. The van der Waals surface area contributed by atoms with Gasteiger partial charge in [0, 0.05) is 5.39 Å². The molecule has 1 aromatic carbocycles. The van der Waals surface area contributed by atoms with Gasteiger partial charge < -0.3 is 5.73 Å². The highest BCUT2D eigenvalue weighted by Crippen LogP contribution is 2.24. The summed E-state index contributed by atoms with van der Waals surface area (Å²) >= 11 is 4.71. The Morgan fingerprint density at radius 3 is 2.47 bits per heavy atom. The quantitative estimate of drug-likeness (QED) is 0.629. The Kier molecular flexibility index (Phi) is 2.74. The number of aromatic nitrogens is 1. The minimum Gasteiger partial charge on any atom is -0.388 e. The highest BCUT2D eigenvalue weighted by atomic mass is 32.1. The van der Waals surface area contributed by atoms with Crippen LogP contribution >= 0.6 is 12.2 Å². The van der Waals surface area contributed by atoms with Gasteiger partial charge >= 0.3 is 0 Å². The lowest BCUT2D eigenvalue weighted by Crippen LogP contribution is -2.12. The summed E-state index contributed by atoms with van der Waals surface area (Å²) in [5.41, 5.74) is 5.80. The van der Waals surface area contributed by atoms with Gasteiger partial charge in [-0.1, -0.05) is 12.2 Å². The lowest BCUT2D eigenvalue weighted by atomic mass is 10.1. The minimum atomic E-state index is -1.55. The Morgan fingerprint density at radius 1 is 1.24 bits per heavy atom. The fraction of sp³-hybridized carbons (Fsp3) is 0.0909. The lowest BCUT2D eigenvalue weighted by Gasteiger charge is -2.07. The molecule has 0 atom stereocenters. The second-order valence-electron chi connectivity index (χ2n) is 3.57. The topological polar surface area (TPSA) is 38.9 Å². The second kappa shape index (κ2) is 3.96. The van der Waals surface area contributed by atoms with Crippen LogP contribution in [0.5, 0.6) is 0 Å². The minimum absolute atomic E-state index is 0.0286. The van der Waals surface area contributed by atoms with E-state index in [9.17, 15) is 13.2 Å². The fourth-order valence-electron chi connectivity index (χ4n) is 1.56. The van der Waals surface area contributed by atoms with Crippen molar-refractivity contribution in [3.05, 3.63) is 40.8 Å². The van der Waals surface area contributed by atoms with Crippen molar-refractivity contribution >= 4 is 28.1 Å². The maximum atomic E-state index is 13.5. The van der Waals surface area contributed by atoms with Crippen LogP contribution in [0.25, 0.3) is 10.9 Å². The maximum Gasteiger partial charge on any atom is 0.196 e. The van der Waals surface area contributed by atoms with E-state index in [0.717, 1.165) is 6.07 Å². The number of thiocarbonyl (C=S) groups is 1. The predicted molar refractivity (Wildman–Crippen MR) is 62.2 cm³/mol. The molecule has 0 unspecified atom stereocenters. The Balaban J connectivity index is 2.92. The molecule has 0 fully saturated rings. The summed E-state index contributed by atoms with van der Waals surface area (Å²) < 4.78 is 39.6. The predicted octanol–water partition coefficient (Wildman–Crippen LogP) is 2.59. The van der Waals surface area contributed by atoms with Gasteiger partial charge in [0.2, 0.25) is 0 Å². The van der Waals surface area contributed by atoms with Gasteiger partial charge in [0.05, 0.1) is 5.69 Å². The molecule has 0 saturated heterocycles. The molecule has 2 rings (SSSR count). The molecule has 1 aromatic heterocycles. The Morgan fingerprint density at radius 2 is 1.88 bits per heavy atom. The number of fused-ring (bicyclic) bond motifs is 1. The SMILES string of the molecule is Cc1cc(C(N)=S)nc2c(F)c(F)c(F)cc12. The third kappa shape index (κ3) is 1.84. The summed E-state index contributed by atoms with van der Waals surface area (Å²) in [6.45, 7) is 1.61. The molecule has 17 heavy (non-hydrogen) atoms. The standard InChI is InChI=1S/C11H7F3N2S/c1-4-2-7(11(15)17)16-10-5(4)3-6(12)8(13)9(10)14/h2-3H,1H3,(H2,15,17). The number of nitrogens with zero attached hydrogens (tertiary/aromatic N) is 1. The second-order valence-corrected chi connectivity index (χ2v) is 4.01. The van der Waals surface area contributed by atoms with Crippen molar-refractivity contribution in [2.75, 3.05) is 0 Å². The van der Waals surface area contributed by atoms with Gasteiger partial charge in [-0.25, -0.2) is 18.2 Å². The zero-order valence-electron chi connectivity index (χ0n) is 8.72. The molecule has 0 spiro atoms. The fourth-order valence-corrected chi connectivity index (χ4v) is 1.66. The molecule has 0 aliphatic heterocycles. The van der Waals surface area contributed by atoms with E-state index in [1.54, 1.807) is 6.92 Å². The maximum absolute atomic E-state index is 13.5. The van der Waals surface area contributed by atoms with E-state index in [2.05, 4.69) is 4.98 Å². The van der Waals surface area contributed by atoms with Gasteiger partial charge in [-0.05, 0) is 24.6 Å². The van der Waals surface area contributed by atoms with Crippen LogP contribution < -0.4 is 5.73 Å². The van der Waals surface area contributed by atoms with Crippen molar-refractivity contribution in [3.8, 4) is 0 Å². The number of pyridine rings is 1. The summed E-state index contributed by atoms with van der Waals surface area (Å²) in [6.07, 6.45) is 0. The van der Waals surface area contributed by atoms with Crippen molar-refractivity contribution in [3.63, 3.8) is 0 Å². The molecule has 1 heterocycles. The van der Waals surface area contributed by atoms with E-state index in [4.69, 9.17) is 18.0 Å². The highest BCUT2D eigenvalue weighted by Gasteiger charge is 2.17. The van der Waals surface area contributed by atoms with Crippen molar-refractivity contribution < 1.29 is 13.2 Å². The molecular formula is C11H7F3N2S. The molecule has 2 aromatic rings. The van der Waals surface area contributed by atoms with E-state index in [1.807, 2.05) is 0 Å². The molecular weight excluding hydrogens is 249 g/mol. The molecule has 0 bridgehead atoms. The van der Waals surface area contributed by atoms with Crippen LogP contribution in [-0.4, -0.2) is 9.97 Å². The van der Waals surface area contributed by atoms with Crippen molar-refractivity contribution in [2.24, 2.45) is 5.73 Å². The monoisotopic (exact) mass is 256 g/mol. The van der Waals surface area contributed by atoms with Gasteiger partial charge in [0.1, 0.15) is 10.5 Å². The van der Waals surface area contributed by atoms with Crippen LogP contribution in [0.2, 0.25) is 0 Å². The number of nitrogens with two attached hydrogens (primary N) is 1. The first-order chi connectivity index (χ1) is 7.91. The van der Waals surface area contributed by atoms with Crippen LogP contribution in [0.15, 0.2) is 12.1 Å². The van der Waals surface area contributed by atoms with Crippen LogP contribution in [0.4, 0.5) is 13.2 Å². The van der Waals surface area contributed by atoms with E-state index >= 15 is 0 Å². The summed E-state index contributed by atoms with van der Waals surface area (Å²) in [7, 11) is 0. The third-order valence-electron chi connectivity index (χ3n) is 2.40. The van der Waals surface area contributed by atoms with Crippen molar-refractivity contribution in [1.29, 1.82) is 0 Å². The molecule has 0 saturated carbocycles. The van der Waals surface area contributed by atoms with E-state index < -0.39 is 17.5 Å². The van der Waals surface area contributed by atoms with Crippen LogP contribution in [0.1, 0.15) is 11.3 Å². The zero-order chi connectivity index (χ0) is 12.7. The molecule has 0 aliphatic carbocycles. The molecule has 0 radical (unpaired) electrons. The Hall–Kier alpha value is -1.69. The summed E-state index contributed by atoms with van der Waals surface area (Å²) in [5.74, 6) is -4.13. The van der Waals surface area contributed by atoms with Gasteiger partial charge in [-0.3, -0.25) is 0 Å². The van der Waals surface area contributed by atoms with Gasteiger partial charge in [0.25, 0.3) is 0 Å². The smallest absolute Gasteiger partial charge is 0.196 e. The van der Waals surface area contributed by atoms with Gasteiger partial charge in [-0.2, -0.15) is 0 Å². The lowest BCUT2D eigenvalue weighted by molar-refractivity contribution is 0.452. The average molecular weight is 256 g/mol. The molecule has 2 nitrogen and oxygen atoms in total. The largest absolute Gasteiger partial charge is 0.388 e.